The lowest BCUT2D eigenvalue weighted by Crippen LogP contribution is -2.10. The minimum Gasteiger partial charge on any atom is -0.399 e. The Morgan fingerprint density at radius 2 is 1.54 bits per heavy atom. The summed E-state index contributed by atoms with van der Waals surface area (Å²) in [6.07, 6.45) is 0. The predicted molar refractivity (Wildman–Crippen MR) is 59.6 cm³/mol. The number of rotatable bonds is 2. The van der Waals surface area contributed by atoms with Gasteiger partial charge in [-0.05, 0) is 31.8 Å². The molecule has 2 nitrogen and oxygen atoms in total. The van der Waals surface area contributed by atoms with Crippen LogP contribution in [-0.4, -0.2) is 19.0 Å². The highest BCUT2D eigenvalue weighted by Crippen LogP contribution is 2.06. The molecule has 0 aliphatic heterocycles. The van der Waals surface area contributed by atoms with Crippen LogP contribution in [0.1, 0.15) is 19.4 Å². The van der Waals surface area contributed by atoms with Crippen molar-refractivity contribution in [2.75, 3.05) is 19.8 Å². The molecule has 0 aliphatic carbocycles. The molecule has 0 fully saturated rings. The third-order valence-electron chi connectivity index (χ3n) is 1.48. The van der Waals surface area contributed by atoms with Gasteiger partial charge in [-0.25, -0.2) is 0 Å². The Bertz CT molecular complexity index is 214. The molecule has 2 N–H and O–H groups in total. The minimum absolute atomic E-state index is 0.826. The van der Waals surface area contributed by atoms with Gasteiger partial charge in [-0.2, -0.15) is 0 Å². The smallest absolute Gasteiger partial charge is 0.0314 e. The minimum atomic E-state index is 0.826. The van der Waals surface area contributed by atoms with Crippen molar-refractivity contribution in [3.05, 3.63) is 29.8 Å². The van der Waals surface area contributed by atoms with Crippen molar-refractivity contribution in [2.45, 2.75) is 20.4 Å². The van der Waals surface area contributed by atoms with Crippen molar-refractivity contribution in [3.8, 4) is 0 Å². The van der Waals surface area contributed by atoms with E-state index in [0.29, 0.717) is 0 Å². The van der Waals surface area contributed by atoms with Crippen LogP contribution in [0.25, 0.3) is 0 Å². The van der Waals surface area contributed by atoms with E-state index >= 15 is 0 Å². The van der Waals surface area contributed by atoms with Gasteiger partial charge in [-0.15, -0.1) is 0 Å². The summed E-state index contributed by atoms with van der Waals surface area (Å²) in [5, 5.41) is 0. The van der Waals surface area contributed by atoms with Crippen LogP contribution < -0.4 is 5.73 Å². The van der Waals surface area contributed by atoms with Gasteiger partial charge >= 0.3 is 0 Å². The second kappa shape index (κ2) is 6.49. The number of anilines is 1. The van der Waals surface area contributed by atoms with Gasteiger partial charge < -0.3 is 10.6 Å². The summed E-state index contributed by atoms with van der Waals surface area (Å²) in [6, 6.07) is 7.96. The molecule has 0 aromatic heterocycles. The average Bonchev–Trinajstić information content (AvgIpc) is 2.12. The van der Waals surface area contributed by atoms with Crippen molar-refractivity contribution < 1.29 is 0 Å². The van der Waals surface area contributed by atoms with E-state index in [4.69, 9.17) is 5.73 Å². The molecule has 0 saturated heterocycles. The third kappa shape index (κ3) is 5.26. The molecule has 13 heavy (non-hydrogen) atoms. The molecule has 0 unspecified atom stereocenters. The van der Waals surface area contributed by atoms with Crippen molar-refractivity contribution in [1.82, 2.24) is 4.90 Å². The average molecular weight is 180 g/mol. The number of hydrogen-bond donors (Lipinski definition) is 1. The molecule has 0 saturated carbocycles. The van der Waals surface area contributed by atoms with Gasteiger partial charge in [0.2, 0.25) is 0 Å². The maximum atomic E-state index is 5.54. The fraction of sp³-hybridized carbons (Fsp3) is 0.455. The molecule has 1 aromatic carbocycles. The van der Waals surface area contributed by atoms with Crippen LogP contribution in [0.5, 0.6) is 0 Å². The lowest BCUT2D eigenvalue weighted by atomic mass is 10.2. The highest BCUT2D eigenvalue weighted by molar-refractivity contribution is 5.39. The molecule has 1 rings (SSSR count). The van der Waals surface area contributed by atoms with Crippen molar-refractivity contribution in [2.24, 2.45) is 0 Å². The fourth-order valence-electron chi connectivity index (χ4n) is 0.988. The zero-order valence-corrected chi connectivity index (χ0v) is 9.04. The van der Waals surface area contributed by atoms with E-state index in [1.165, 1.54) is 5.56 Å². The Morgan fingerprint density at radius 1 is 1.08 bits per heavy atom. The molecule has 0 heterocycles. The van der Waals surface area contributed by atoms with E-state index in [-0.39, 0.29) is 0 Å². The Morgan fingerprint density at radius 3 is 1.92 bits per heavy atom. The van der Waals surface area contributed by atoms with Gasteiger partial charge in [0, 0.05) is 12.2 Å². The maximum Gasteiger partial charge on any atom is 0.0314 e. The third-order valence-corrected chi connectivity index (χ3v) is 1.48. The summed E-state index contributed by atoms with van der Waals surface area (Å²) in [7, 11) is 4.10. The van der Waals surface area contributed by atoms with Gasteiger partial charge in [-0.3, -0.25) is 0 Å². The summed E-state index contributed by atoms with van der Waals surface area (Å²) >= 11 is 0. The quantitative estimate of drug-likeness (QED) is 0.708. The van der Waals surface area contributed by atoms with E-state index in [0.717, 1.165) is 12.2 Å². The van der Waals surface area contributed by atoms with Crippen LogP contribution >= 0.6 is 0 Å². The molecule has 74 valence electrons. The molecule has 0 amide bonds. The molecule has 0 radical (unpaired) electrons. The molecular formula is C11H20N2. The van der Waals surface area contributed by atoms with Gasteiger partial charge in [0.05, 0.1) is 0 Å². The first-order valence-electron chi connectivity index (χ1n) is 4.67. The van der Waals surface area contributed by atoms with Gasteiger partial charge in [0.25, 0.3) is 0 Å². The Balaban J connectivity index is 0.000000671. The topological polar surface area (TPSA) is 29.3 Å². The number of nitrogens with two attached hydrogens (primary N) is 1. The first kappa shape index (κ1) is 12.0. The zero-order chi connectivity index (χ0) is 10.3. The van der Waals surface area contributed by atoms with Gasteiger partial charge in [-0.1, -0.05) is 26.0 Å². The van der Waals surface area contributed by atoms with Crippen molar-refractivity contribution in [1.29, 1.82) is 0 Å². The molecule has 2 heteroatoms. The van der Waals surface area contributed by atoms with Crippen LogP contribution in [0.2, 0.25) is 0 Å². The number of benzene rings is 1. The molecule has 0 aliphatic rings. The second-order valence-corrected chi connectivity index (χ2v) is 2.98. The van der Waals surface area contributed by atoms with Crippen LogP contribution in [-0.2, 0) is 6.54 Å². The highest BCUT2D eigenvalue weighted by atomic mass is 15.0. The van der Waals surface area contributed by atoms with Crippen LogP contribution in [0.4, 0.5) is 5.69 Å². The van der Waals surface area contributed by atoms with Crippen LogP contribution in [0.3, 0.4) is 0 Å². The zero-order valence-electron chi connectivity index (χ0n) is 9.04. The van der Waals surface area contributed by atoms with E-state index in [1.54, 1.807) is 0 Å². The molecular weight excluding hydrogens is 160 g/mol. The monoisotopic (exact) mass is 180 g/mol. The first-order valence-corrected chi connectivity index (χ1v) is 4.67. The van der Waals surface area contributed by atoms with E-state index in [1.807, 2.05) is 26.0 Å². The lowest BCUT2D eigenvalue weighted by Gasteiger charge is -2.08. The van der Waals surface area contributed by atoms with E-state index in [9.17, 15) is 0 Å². The van der Waals surface area contributed by atoms with E-state index < -0.39 is 0 Å². The molecule has 0 bridgehead atoms. The molecule has 1 aromatic rings. The van der Waals surface area contributed by atoms with Gasteiger partial charge in [0.1, 0.15) is 0 Å². The maximum absolute atomic E-state index is 5.54. The number of nitrogen functional groups attached to an aromatic ring is 1. The summed E-state index contributed by atoms with van der Waals surface area (Å²) < 4.78 is 0. The first-order chi connectivity index (χ1) is 6.18. The van der Waals surface area contributed by atoms with E-state index in [2.05, 4.69) is 31.1 Å². The summed E-state index contributed by atoms with van der Waals surface area (Å²) in [5.41, 5.74) is 7.67. The SMILES string of the molecule is CC.CN(C)Cc1ccc(N)cc1. The molecule has 0 spiro atoms. The Hall–Kier alpha value is -1.02. The lowest BCUT2D eigenvalue weighted by molar-refractivity contribution is 0.402. The largest absolute Gasteiger partial charge is 0.399 e. The fourth-order valence-corrected chi connectivity index (χ4v) is 0.988. The second-order valence-electron chi connectivity index (χ2n) is 2.98. The van der Waals surface area contributed by atoms with Gasteiger partial charge in [0.15, 0.2) is 0 Å². The molecule has 0 atom stereocenters. The predicted octanol–water partition coefficient (Wildman–Crippen LogP) is 2.36. The number of hydrogen-bond acceptors (Lipinski definition) is 2. The van der Waals surface area contributed by atoms with Crippen LogP contribution in [0, 0.1) is 0 Å². The van der Waals surface area contributed by atoms with Crippen LogP contribution in [0.15, 0.2) is 24.3 Å². The Labute approximate surface area is 81.4 Å². The standard InChI is InChI=1S/C9H14N2.C2H6/c1-11(2)7-8-3-5-9(10)6-4-8;1-2/h3-6H,7,10H2,1-2H3;1-2H3. The summed E-state index contributed by atoms with van der Waals surface area (Å²) in [6.45, 7) is 4.97. The summed E-state index contributed by atoms with van der Waals surface area (Å²) in [5.74, 6) is 0. The van der Waals surface area contributed by atoms with Crippen molar-refractivity contribution in [3.63, 3.8) is 0 Å². The summed E-state index contributed by atoms with van der Waals surface area (Å²) in [4.78, 5) is 2.13. The highest BCUT2D eigenvalue weighted by Gasteiger charge is 1.92. The normalized spacial score (nSPS) is 9.31. The number of nitrogens with zero attached hydrogens (tertiary/aromatic N) is 1. The Kier molecular flexibility index (Phi) is 5.98. The van der Waals surface area contributed by atoms with Crippen molar-refractivity contribution >= 4 is 5.69 Å².